The third kappa shape index (κ3) is 2.58. The second-order valence-corrected chi connectivity index (χ2v) is 1.95. The van der Waals surface area contributed by atoms with Crippen molar-refractivity contribution >= 4 is 23.1 Å². The van der Waals surface area contributed by atoms with E-state index < -0.39 is 0 Å². The van der Waals surface area contributed by atoms with Crippen molar-refractivity contribution in [3.05, 3.63) is 12.0 Å². The topological polar surface area (TPSA) is 29.4 Å². The molecule has 0 heterocycles. The number of aliphatic imine (C=N–C) groups is 1. The first kappa shape index (κ1) is 7.43. The zero-order chi connectivity index (χ0) is 6.41. The molecular weight excluding hydrogens is 122 g/mol. The fourth-order valence-corrected chi connectivity index (χ4v) is 0.550. The van der Waals surface area contributed by atoms with Crippen LogP contribution in [0.4, 0.5) is 0 Å². The van der Waals surface area contributed by atoms with Crippen LogP contribution in [0, 0.1) is 0 Å². The first-order valence-corrected chi connectivity index (χ1v) is 2.92. The molecule has 3 heteroatoms. The number of hydrogen-bond donors (Lipinski definition) is 0. The van der Waals surface area contributed by atoms with Gasteiger partial charge in [-0.05, 0) is 5.41 Å². The molecule has 0 saturated heterocycles. The van der Waals surface area contributed by atoms with Crippen molar-refractivity contribution in [3.8, 4) is 0 Å². The lowest BCUT2D eigenvalue weighted by Crippen LogP contribution is -1.88. The predicted molar refractivity (Wildman–Crippen MR) is 37.2 cm³/mol. The van der Waals surface area contributed by atoms with E-state index in [1.807, 2.05) is 0 Å². The predicted octanol–water partition coefficient (Wildman–Crippen LogP) is 1.09. The van der Waals surface area contributed by atoms with E-state index in [9.17, 15) is 4.79 Å². The molecule has 0 unspecified atom stereocenters. The number of thioether (sulfide) groups is 1. The lowest BCUT2D eigenvalue weighted by molar-refractivity contribution is -0.102. The summed E-state index contributed by atoms with van der Waals surface area (Å²) >= 11 is 1.22. The molecule has 0 atom stereocenters. The van der Waals surface area contributed by atoms with Crippen molar-refractivity contribution in [1.29, 1.82) is 0 Å². The van der Waals surface area contributed by atoms with Crippen LogP contribution in [0.15, 0.2) is 17.0 Å². The molecule has 0 aliphatic heterocycles. The molecule has 0 amide bonds. The molecule has 0 fully saturated rings. The SMILES string of the molecule is C=CSC(C=O)=NC. The first-order chi connectivity index (χ1) is 3.85. The average Bonchev–Trinajstić information content (AvgIpc) is 1.83. The van der Waals surface area contributed by atoms with Crippen LogP contribution in [0.3, 0.4) is 0 Å². The largest absolute Gasteiger partial charge is 0.296 e. The van der Waals surface area contributed by atoms with Gasteiger partial charge in [0.1, 0.15) is 5.04 Å². The maximum Gasteiger partial charge on any atom is 0.174 e. The molecule has 2 nitrogen and oxygen atoms in total. The van der Waals surface area contributed by atoms with Gasteiger partial charge in [-0.15, -0.1) is 0 Å². The van der Waals surface area contributed by atoms with Crippen LogP contribution in [-0.2, 0) is 4.79 Å². The summed E-state index contributed by atoms with van der Waals surface area (Å²) in [6, 6.07) is 0. The Bertz CT molecular complexity index is 120. The van der Waals surface area contributed by atoms with Crippen molar-refractivity contribution in [2.45, 2.75) is 0 Å². The fraction of sp³-hybridized carbons (Fsp3) is 0.200. The molecule has 0 radical (unpaired) electrons. The quantitative estimate of drug-likeness (QED) is 0.317. The maximum atomic E-state index is 9.93. The Morgan fingerprint density at radius 3 is 2.62 bits per heavy atom. The molecule has 0 aliphatic carbocycles. The highest BCUT2D eigenvalue weighted by Gasteiger charge is 1.88. The van der Waals surface area contributed by atoms with Gasteiger partial charge in [-0.1, -0.05) is 18.3 Å². The molecule has 0 bridgehead atoms. The minimum atomic E-state index is 0.458. The standard InChI is InChI=1S/C5H7NOS/c1-3-8-5(4-7)6-2/h3-4H,1H2,2H3. The molecule has 0 N–H and O–H groups in total. The Morgan fingerprint density at radius 2 is 2.50 bits per heavy atom. The molecular formula is C5H7NOS. The third-order valence-corrected chi connectivity index (χ3v) is 1.21. The fourth-order valence-electron chi connectivity index (χ4n) is 0.219. The van der Waals surface area contributed by atoms with Crippen LogP contribution < -0.4 is 0 Å². The highest BCUT2D eigenvalue weighted by molar-refractivity contribution is 8.17. The molecule has 0 aromatic rings. The lowest BCUT2D eigenvalue weighted by atomic mass is 10.8. The summed E-state index contributed by atoms with van der Waals surface area (Å²) in [5.41, 5.74) is 0. The van der Waals surface area contributed by atoms with Crippen LogP contribution in [0.2, 0.25) is 0 Å². The molecule has 0 aromatic carbocycles. The van der Waals surface area contributed by atoms with E-state index in [4.69, 9.17) is 0 Å². The average molecular weight is 129 g/mol. The van der Waals surface area contributed by atoms with Crippen molar-refractivity contribution in [2.75, 3.05) is 7.05 Å². The van der Waals surface area contributed by atoms with Gasteiger partial charge in [-0.2, -0.15) is 0 Å². The van der Waals surface area contributed by atoms with Gasteiger partial charge >= 0.3 is 0 Å². The molecule has 0 aliphatic rings. The number of hydrogen-bond acceptors (Lipinski definition) is 3. The van der Waals surface area contributed by atoms with Crippen LogP contribution in [0.25, 0.3) is 0 Å². The molecule has 0 saturated carbocycles. The van der Waals surface area contributed by atoms with Crippen molar-refractivity contribution < 1.29 is 4.79 Å². The van der Waals surface area contributed by atoms with Crippen LogP contribution in [0.1, 0.15) is 0 Å². The Labute approximate surface area is 52.7 Å². The Morgan fingerprint density at radius 1 is 1.88 bits per heavy atom. The third-order valence-electron chi connectivity index (χ3n) is 0.525. The Hall–Kier alpha value is -0.570. The summed E-state index contributed by atoms with van der Waals surface area (Å²) < 4.78 is 0. The zero-order valence-corrected chi connectivity index (χ0v) is 5.44. The monoisotopic (exact) mass is 129 g/mol. The molecule has 8 heavy (non-hydrogen) atoms. The smallest absolute Gasteiger partial charge is 0.174 e. The number of nitrogens with zero attached hydrogens (tertiary/aromatic N) is 1. The van der Waals surface area contributed by atoms with Gasteiger partial charge in [0.15, 0.2) is 6.29 Å². The minimum absolute atomic E-state index is 0.458. The van der Waals surface area contributed by atoms with Crippen molar-refractivity contribution in [2.24, 2.45) is 4.99 Å². The van der Waals surface area contributed by atoms with Gasteiger partial charge in [0.25, 0.3) is 0 Å². The van der Waals surface area contributed by atoms with Gasteiger partial charge < -0.3 is 0 Å². The van der Waals surface area contributed by atoms with Gasteiger partial charge in [0.05, 0.1) is 0 Å². The lowest BCUT2D eigenvalue weighted by Gasteiger charge is -1.84. The summed E-state index contributed by atoms with van der Waals surface area (Å²) in [6.07, 6.45) is 0.701. The molecule has 0 rings (SSSR count). The van der Waals surface area contributed by atoms with E-state index in [2.05, 4.69) is 11.6 Å². The summed E-state index contributed by atoms with van der Waals surface area (Å²) in [7, 11) is 1.57. The number of carbonyl (C=O) groups is 1. The van der Waals surface area contributed by atoms with E-state index in [0.29, 0.717) is 11.3 Å². The summed E-state index contributed by atoms with van der Waals surface area (Å²) in [5.74, 6) is 0. The number of carbonyl (C=O) groups excluding carboxylic acids is 1. The second kappa shape index (κ2) is 4.59. The summed E-state index contributed by atoms with van der Waals surface area (Å²) in [6.45, 7) is 3.42. The minimum Gasteiger partial charge on any atom is -0.296 e. The van der Waals surface area contributed by atoms with E-state index in [-0.39, 0.29) is 0 Å². The molecule has 44 valence electrons. The Balaban J connectivity index is 3.71. The second-order valence-electron chi connectivity index (χ2n) is 0.964. The van der Waals surface area contributed by atoms with Gasteiger partial charge in [0.2, 0.25) is 0 Å². The van der Waals surface area contributed by atoms with Crippen LogP contribution in [0.5, 0.6) is 0 Å². The number of aldehydes is 1. The van der Waals surface area contributed by atoms with Crippen LogP contribution in [-0.4, -0.2) is 18.4 Å². The number of rotatable bonds is 2. The summed E-state index contributed by atoms with van der Waals surface area (Å²) in [4.78, 5) is 13.6. The molecule has 0 aromatic heterocycles. The van der Waals surface area contributed by atoms with E-state index in [0.717, 1.165) is 0 Å². The van der Waals surface area contributed by atoms with Crippen molar-refractivity contribution in [3.63, 3.8) is 0 Å². The molecule has 0 spiro atoms. The Kier molecular flexibility index (Phi) is 4.26. The zero-order valence-electron chi connectivity index (χ0n) is 4.63. The highest BCUT2D eigenvalue weighted by Crippen LogP contribution is 2.00. The van der Waals surface area contributed by atoms with Gasteiger partial charge in [-0.25, -0.2) is 0 Å². The van der Waals surface area contributed by atoms with Crippen molar-refractivity contribution in [1.82, 2.24) is 0 Å². The first-order valence-electron chi connectivity index (χ1n) is 2.04. The normalized spacial score (nSPS) is 10.9. The summed E-state index contributed by atoms with van der Waals surface area (Å²) in [5, 5.41) is 2.02. The highest BCUT2D eigenvalue weighted by atomic mass is 32.2. The van der Waals surface area contributed by atoms with E-state index >= 15 is 0 Å². The van der Waals surface area contributed by atoms with Crippen LogP contribution >= 0.6 is 11.8 Å². The van der Waals surface area contributed by atoms with E-state index in [1.165, 1.54) is 11.8 Å². The maximum absolute atomic E-state index is 9.93. The van der Waals surface area contributed by atoms with E-state index in [1.54, 1.807) is 12.5 Å². The van der Waals surface area contributed by atoms with Gasteiger partial charge in [-0.3, -0.25) is 9.79 Å². The van der Waals surface area contributed by atoms with Gasteiger partial charge in [0, 0.05) is 7.05 Å².